The van der Waals surface area contributed by atoms with Crippen LogP contribution in [0.25, 0.3) is 22.6 Å². The van der Waals surface area contributed by atoms with Gasteiger partial charge in [-0.2, -0.15) is 0 Å². The van der Waals surface area contributed by atoms with Gasteiger partial charge in [0.15, 0.2) is 10.7 Å². The van der Waals surface area contributed by atoms with Crippen LogP contribution in [-0.4, -0.2) is 16.0 Å². The summed E-state index contributed by atoms with van der Waals surface area (Å²) in [5, 5.41) is 5.47. The Bertz CT molecular complexity index is 1280. The summed E-state index contributed by atoms with van der Waals surface area (Å²) < 4.78 is 19.6. The molecule has 32 heavy (non-hydrogen) atoms. The molecule has 0 radical (unpaired) electrons. The Morgan fingerprint density at radius 2 is 1.88 bits per heavy atom. The number of halogens is 1. The second kappa shape index (κ2) is 9.28. The van der Waals surface area contributed by atoms with Crippen molar-refractivity contribution in [1.29, 1.82) is 0 Å². The van der Waals surface area contributed by atoms with E-state index in [1.807, 2.05) is 18.2 Å². The van der Waals surface area contributed by atoms with Crippen LogP contribution in [0, 0.1) is 5.82 Å². The molecule has 4 rings (SSSR count). The van der Waals surface area contributed by atoms with Crippen LogP contribution in [0.2, 0.25) is 0 Å². The third-order valence-corrected chi connectivity index (χ3v) is 5.53. The van der Waals surface area contributed by atoms with Crippen LogP contribution in [-0.2, 0) is 0 Å². The fourth-order valence-electron chi connectivity index (χ4n) is 3.28. The van der Waals surface area contributed by atoms with E-state index >= 15 is 0 Å². The van der Waals surface area contributed by atoms with Gasteiger partial charge in [0.25, 0.3) is 5.91 Å². The fourth-order valence-corrected chi connectivity index (χ4v) is 3.49. The van der Waals surface area contributed by atoms with Crippen molar-refractivity contribution >= 4 is 40.0 Å². The molecule has 0 spiro atoms. The van der Waals surface area contributed by atoms with Crippen molar-refractivity contribution in [3.05, 3.63) is 83.7 Å². The number of nitrogens with one attached hydrogen (secondary N) is 2. The molecule has 0 aliphatic rings. The largest absolute Gasteiger partial charge is 0.436 e. The molecule has 4 aromatic rings. The maximum Gasteiger partial charge on any atom is 0.260 e. The summed E-state index contributed by atoms with van der Waals surface area (Å²) >= 11 is 5.17. The Kier molecular flexibility index (Phi) is 6.28. The van der Waals surface area contributed by atoms with E-state index in [1.54, 1.807) is 18.2 Å². The van der Waals surface area contributed by atoms with Crippen molar-refractivity contribution in [2.75, 3.05) is 5.32 Å². The van der Waals surface area contributed by atoms with Crippen LogP contribution in [0.4, 0.5) is 10.1 Å². The van der Waals surface area contributed by atoms with Crippen molar-refractivity contribution in [3.63, 3.8) is 0 Å². The van der Waals surface area contributed by atoms with E-state index in [2.05, 4.69) is 41.6 Å². The number of aromatic nitrogens is 1. The van der Waals surface area contributed by atoms with Gasteiger partial charge in [-0.3, -0.25) is 10.1 Å². The number of benzene rings is 3. The van der Waals surface area contributed by atoms with Gasteiger partial charge in [0.2, 0.25) is 5.89 Å². The zero-order valence-corrected chi connectivity index (χ0v) is 18.5. The van der Waals surface area contributed by atoms with Gasteiger partial charge in [0.05, 0.1) is 5.56 Å². The molecular weight excluding hydrogens is 425 g/mol. The minimum atomic E-state index is -0.611. The van der Waals surface area contributed by atoms with Gasteiger partial charge in [0, 0.05) is 11.3 Å². The molecule has 0 bridgehead atoms. The minimum absolute atomic E-state index is 0.0700. The van der Waals surface area contributed by atoms with Gasteiger partial charge in [-0.25, -0.2) is 9.37 Å². The smallest absolute Gasteiger partial charge is 0.260 e. The number of fused-ring (bicyclic) bond motifs is 1. The average Bonchev–Trinajstić information content (AvgIpc) is 3.22. The Morgan fingerprint density at radius 1 is 1.12 bits per heavy atom. The molecule has 5 nitrogen and oxygen atoms in total. The summed E-state index contributed by atoms with van der Waals surface area (Å²) in [6.45, 7) is 4.35. The van der Waals surface area contributed by atoms with Gasteiger partial charge >= 0.3 is 0 Å². The second-order valence-electron chi connectivity index (χ2n) is 7.52. The Labute approximate surface area is 190 Å². The molecule has 1 amide bonds. The Morgan fingerprint density at radius 3 is 2.59 bits per heavy atom. The molecule has 0 saturated carbocycles. The molecule has 0 unspecified atom stereocenters. The normalized spacial score (nSPS) is 11.8. The lowest BCUT2D eigenvalue weighted by Crippen LogP contribution is -2.34. The lowest BCUT2D eigenvalue weighted by Gasteiger charge is -2.10. The molecule has 1 atom stereocenters. The number of nitrogens with zero attached hydrogens (tertiary/aromatic N) is 1. The standard InChI is InChI=1S/C25H22FN3O2S/c1-3-15(2)17-10-13-22-21(14-17)28-24(31-22)16-8-11-18(12-9-16)27-25(32)29-23(30)19-6-4-5-7-20(19)26/h4-15H,3H2,1-2H3,(H2,27,29,30,32)/t15-/m0/s1. The van der Waals surface area contributed by atoms with E-state index in [4.69, 9.17) is 16.6 Å². The molecule has 162 valence electrons. The van der Waals surface area contributed by atoms with Crippen LogP contribution in [0.1, 0.15) is 42.1 Å². The van der Waals surface area contributed by atoms with Crippen molar-refractivity contribution < 1.29 is 13.6 Å². The molecule has 2 N–H and O–H groups in total. The third-order valence-electron chi connectivity index (χ3n) is 5.33. The van der Waals surface area contributed by atoms with E-state index in [-0.39, 0.29) is 10.7 Å². The first kappa shape index (κ1) is 21.6. The Balaban J connectivity index is 1.44. The van der Waals surface area contributed by atoms with Crippen LogP contribution in [0.15, 0.2) is 71.1 Å². The molecule has 3 aromatic carbocycles. The first-order valence-electron chi connectivity index (χ1n) is 10.3. The number of carbonyl (C=O) groups excluding carboxylic acids is 1. The average molecular weight is 448 g/mol. The maximum absolute atomic E-state index is 13.7. The summed E-state index contributed by atoms with van der Waals surface area (Å²) in [6, 6.07) is 19.1. The quantitative estimate of drug-likeness (QED) is 0.353. The highest BCUT2D eigenvalue weighted by atomic mass is 32.1. The molecular formula is C25H22FN3O2S. The minimum Gasteiger partial charge on any atom is -0.436 e. The lowest BCUT2D eigenvalue weighted by atomic mass is 9.98. The van der Waals surface area contributed by atoms with Gasteiger partial charge < -0.3 is 9.73 Å². The molecule has 0 aliphatic carbocycles. The van der Waals surface area contributed by atoms with Crippen molar-refractivity contribution in [2.45, 2.75) is 26.2 Å². The predicted octanol–water partition coefficient (Wildman–Crippen LogP) is 6.27. The number of carbonyl (C=O) groups is 1. The topological polar surface area (TPSA) is 67.2 Å². The molecule has 1 aromatic heterocycles. The van der Waals surface area contributed by atoms with Gasteiger partial charge in [-0.1, -0.05) is 32.0 Å². The summed E-state index contributed by atoms with van der Waals surface area (Å²) in [6.07, 6.45) is 1.06. The number of hydrogen-bond donors (Lipinski definition) is 2. The van der Waals surface area contributed by atoms with Crippen molar-refractivity contribution in [1.82, 2.24) is 10.3 Å². The van der Waals surface area contributed by atoms with Gasteiger partial charge in [0.1, 0.15) is 11.3 Å². The summed E-state index contributed by atoms with van der Waals surface area (Å²) in [5.41, 5.74) is 4.23. The number of rotatable bonds is 5. The van der Waals surface area contributed by atoms with E-state index in [9.17, 15) is 9.18 Å². The van der Waals surface area contributed by atoms with Gasteiger partial charge in [-0.05, 0) is 78.7 Å². The third kappa shape index (κ3) is 4.68. The lowest BCUT2D eigenvalue weighted by molar-refractivity contribution is 0.0974. The zero-order chi connectivity index (χ0) is 22.7. The molecule has 1 heterocycles. The molecule has 0 aliphatic heterocycles. The number of amides is 1. The first-order chi connectivity index (χ1) is 15.4. The number of anilines is 1. The van der Waals surface area contributed by atoms with Crippen LogP contribution < -0.4 is 10.6 Å². The van der Waals surface area contributed by atoms with Crippen molar-refractivity contribution in [3.8, 4) is 11.5 Å². The SMILES string of the molecule is CC[C@H](C)c1ccc2oc(-c3ccc(NC(=S)NC(=O)c4ccccc4F)cc3)nc2c1. The predicted molar refractivity (Wildman–Crippen MR) is 128 cm³/mol. The van der Waals surface area contributed by atoms with Crippen LogP contribution >= 0.6 is 12.2 Å². The highest BCUT2D eigenvalue weighted by Gasteiger charge is 2.13. The molecule has 0 saturated heterocycles. The summed E-state index contributed by atoms with van der Waals surface area (Å²) in [5.74, 6) is -0.219. The monoisotopic (exact) mass is 447 g/mol. The van der Waals surface area contributed by atoms with E-state index in [1.165, 1.54) is 23.8 Å². The number of hydrogen-bond acceptors (Lipinski definition) is 4. The maximum atomic E-state index is 13.7. The van der Waals surface area contributed by atoms with Crippen LogP contribution in [0.5, 0.6) is 0 Å². The zero-order valence-electron chi connectivity index (χ0n) is 17.7. The highest BCUT2D eigenvalue weighted by molar-refractivity contribution is 7.80. The summed E-state index contributed by atoms with van der Waals surface area (Å²) in [4.78, 5) is 16.8. The number of thiocarbonyl (C=S) groups is 1. The molecule has 7 heteroatoms. The second-order valence-corrected chi connectivity index (χ2v) is 7.93. The van der Waals surface area contributed by atoms with Crippen molar-refractivity contribution in [2.24, 2.45) is 0 Å². The highest BCUT2D eigenvalue weighted by Crippen LogP contribution is 2.28. The van der Waals surface area contributed by atoms with E-state index in [0.29, 0.717) is 17.5 Å². The fraction of sp³-hybridized carbons (Fsp3) is 0.160. The number of oxazole rings is 1. The molecule has 0 fully saturated rings. The summed E-state index contributed by atoms with van der Waals surface area (Å²) in [7, 11) is 0. The van der Waals surface area contributed by atoms with E-state index in [0.717, 1.165) is 23.1 Å². The first-order valence-corrected chi connectivity index (χ1v) is 10.7. The van der Waals surface area contributed by atoms with Crippen LogP contribution in [0.3, 0.4) is 0 Å². The van der Waals surface area contributed by atoms with Gasteiger partial charge in [-0.15, -0.1) is 0 Å². The Hall–Kier alpha value is -3.58. The van der Waals surface area contributed by atoms with E-state index < -0.39 is 11.7 Å².